The zero-order valence-corrected chi connectivity index (χ0v) is 3.94. The lowest BCUT2D eigenvalue weighted by Crippen LogP contribution is -2.18. The standard InChI is InChI=1S/C2H2O7/c3-1(7-5)2(4)8-9-6/h5-6H. The molecule has 9 heavy (non-hydrogen) atoms. The second-order valence-electron chi connectivity index (χ2n) is 0.824. The third-order valence-electron chi connectivity index (χ3n) is 0.363. The van der Waals surface area contributed by atoms with Crippen LogP contribution in [0, 0.1) is 0 Å². The molecule has 0 aliphatic carbocycles. The van der Waals surface area contributed by atoms with Gasteiger partial charge in [-0.15, -0.1) is 0 Å². The van der Waals surface area contributed by atoms with Gasteiger partial charge in [-0.3, -0.25) is 9.78 Å². The number of hydrogen-bond donors (Lipinski definition) is 2. The minimum absolute atomic E-state index is 1.67. The topological polar surface area (TPSA) is 102 Å². The Bertz CT molecular complexity index is 116. The molecule has 0 atom stereocenters. The average molecular weight is 138 g/mol. The summed E-state index contributed by atoms with van der Waals surface area (Å²) in [5.41, 5.74) is 0. The Kier molecular flexibility index (Phi) is 3.28. The summed E-state index contributed by atoms with van der Waals surface area (Å²) < 4.78 is 0. The van der Waals surface area contributed by atoms with E-state index in [1.165, 1.54) is 0 Å². The lowest BCUT2D eigenvalue weighted by atomic mass is 10.7. The molecule has 2 N–H and O–H groups in total. The summed E-state index contributed by atoms with van der Waals surface area (Å²) in [6, 6.07) is 0. The molecule has 0 aliphatic heterocycles. The highest BCUT2D eigenvalue weighted by Gasteiger charge is 2.18. The maximum absolute atomic E-state index is 9.83. The third-order valence-corrected chi connectivity index (χ3v) is 0.363. The van der Waals surface area contributed by atoms with E-state index in [9.17, 15) is 9.59 Å². The van der Waals surface area contributed by atoms with Gasteiger partial charge in [0.05, 0.1) is 0 Å². The monoisotopic (exact) mass is 138 g/mol. The molecule has 7 nitrogen and oxygen atoms in total. The molecule has 0 unspecified atom stereocenters. The minimum atomic E-state index is -1.69. The van der Waals surface area contributed by atoms with Gasteiger partial charge < -0.3 is 0 Å². The molecule has 0 saturated carbocycles. The largest absolute Gasteiger partial charge is 0.456 e. The van der Waals surface area contributed by atoms with Crippen molar-refractivity contribution in [3.05, 3.63) is 0 Å². The fraction of sp³-hybridized carbons (Fsp3) is 0. The molecule has 0 spiro atoms. The van der Waals surface area contributed by atoms with Gasteiger partial charge in [-0.2, -0.15) is 5.26 Å². The summed E-state index contributed by atoms with van der Waals surface area (Å²) >= 11 is 0. The number of carbonyl (C=O) groups excluding carboxylic acids is 2. The maximum atomic E-state index is 9.83. The van der Waals surface area contributed by atoms with E-state index in [0.717, 1.165) is 0 Å². The van der Waals surface area contributed by atoms with E-state index in [4.69, 9.17) is 10.5 Å². The Morgan fingerprint density at radius 2 is 1.67 bits per heavy atom. The Morgan fingerprint density at radius 1 is 1.11 bits per heavy atom. The molecule has 0 amide bonds. The SMILES string of the molecule is O=C(OO)C(=O)OOO. The highest BCUT2D eigenvalue weighted by molar-refractivity contribution is 6.29. The molecule has 0 fully saturated rings. The Balaban J connectivity index is 3.60. The van der Waals surface area contributed by atoms with E-state index >= 15 is 0 Å². The quantitative estimate of drug-likeness (QED) is 0.270. The second-order valence-corrected chi connectivity index (χ2v) is 0.824. The van der Waals surface area contributed by atoms with Crippen LogP contribution in [0.5, 0.6) is 0 Å². The van der Waals surface area contributed by atoms with E-state index in [-0.39, 0.29) is 0 Å². The van der Waals surface area contributed by atoms with Gasteiger partial charge in [-0.25, -0.2) is 14.8 Å². The molecule has 7 heteroatoms. The normalized spacial score (nSPS) is 8.22. The fourth-order valence-electron chi connectivity index (χ4n) is 0.105. The first kappa shape index (κ1) is 7.82. The smallest absolute Gasteiger partial charge is 0.288 e. The molecule has 0 bridgehead atoms. The van der Waals surface area contributed by atoms with Crippen molar-refractivity contribution in [1.82, 2.24) is 0 Å². The van der Waals surface area contributed by atoms with Gasteiger partial charge in [0.25, 0.3) is 0 Å². The van der Waals surface area contributed by atoms with Crippen molar-refractivity contribution in [2.75, 3.05) is 0 Å². The summed E-state index contributed by atoms with van der Waals surface area (Å²) in [6.45, 7) is 0. The van der Waals surface area contributed by atoms with Crippen LogP contribution in [0.2, 0.25) is 0 Å². The highest BCUT2D eigenvalue weighted by atomic mass is 17.5. The summed E-state index contributed by atoms with van der Waals surface area (Å²) in [5.74, 6) is -3.36. The fourth-order valence-corrected chi connectivity index (χ4v) is 0.105. The lowest BCUT2D eigenvalue weighted by Gasteiger charge is -1.90. The van der Waals surface area contributed by atoms with Crippen LogP contribution in [0.4, 0.5) is 0 Å². The maximum Gasteiger partial charge on any atom is 0.456 e. The molecule has 0 radical (unpaired) electrons. The summed E-state index contributed by atoms with van der Waals surface area (Å²) in [5, 5.41) is 17.6. The van der Waals surface area contributed by atoms with Crippen LogP contribution >= 0.6 is 0 Å². The van der Waals surface area contributed by atoms with Crippen LogP contribution in [-0.2, 0) is 24.4 Å². The van der Waals surface area contributed by atoms with Crippen LogP contribution < -0.4 is 0 Å². The van der Waals surface area contributed by atoms with Crippen LogP contribution in [0.25, 0.3) is 0 Å². The average Bonchev–Trinajstić information content (AvgIpc) is 1.87. The molecule has 0 saturated heterocycles. The first-order valence-corrected chi connectivity index (χ1v) is 1.60. The van der Waals surface area contributed by atoms with Crippen molar-refractivity contribution >= 4 is 11.9 Å². The Labute approximate surface area is 48.1 Å². The van der Waals surface area contributed by atoms with Crippen LogP contribution in [0.15, 0.2) is 0 Å². The minimum Gasteiger partial charge on any atom is -0.288 e. The van der Waals surface area contributed by atoms with E-state index in [2.05, 4.69) is 14.8 Å². The molecule has 0 aromatic heterocycles. The predicted molar refractivity (Wildman–Crippen MR) is 18.5 cm³/mol. The van der Waals surface area contributed by atoms with Gasteiger partial charge in [0.2, 0.25) is 0 Å². The van der Waals surface area contributed by atoms with Crippen molar-refractivity contribution in [3.8, 4) is 0 Å². The van der Waals surface area contributed by atoms with Crippen molar-refractivity contribution in [2.45, 2.75) is 0 Å². The van der Waals surface area contributed by atoms with Crippen molar-refractivity contribution in [3.63, 3.8) is 0 Å². The molecular weight excluding hydrogens is 136 g/mol. The van der Waals surface area contributed by atoms with Gasteiger partial charge in [-0.05, 0) is 5.04 Å². The van der Waals surface area contributed by atoms with Gasteiger partial charge >= 0.3 is 11.9 Å². The predicted octanol–water partition coefficient (Wildman–Crippen LogP) is -1.05. The number of carbonyl (C=O) groups is 2. The Morgan fingerprint density at radius 3 is 2.00 bits per heavy atom. The molecular formula is C2H2O7. The van der Waals surface area contributed by atoms with Crippen LogP contribution in [0.3, 0.4) is 0 Å². The first-order chi connectivity index (χ1) is 4.22. The Hall–Kier alpha value is -1.18. The molecule has 0 aliphatic rings. The first-order valence-electron chi connectivity index (χ1n) is 1.60. The van der Waals surface area contributed by atoms with E-state index in [0.29, 0.717) is 0 Å². The van der Waals surface area contributed by atoms with Gasteiger partial charge in [0, 0.05) is 0 Å². The van der Waals surface area contributed by atoms with E-state index in [1.54, 1.807) is 0 Å². The van der Waals surface area contributed by atoms with Crippen molar-refractivity contribution < 1.29 is 34.9 Å². The second kappa shape index (κ2) is 3.78. The zero-order valence-electron chi connectivity index (χ0n) is 3.94. The molecule has 0 aromatic carbocycles. The lowest BCUT2D eigenvalue weighted by molar-refractivity contribution is -0.461. The molecule has 0 heterocycles. The number of hydrogen-bond acceptors (Lipinski definition) is 7. The molecule has 52 valence electrons. The van der Waals surface area contributed by atoms with Gasteiger partial charge in [0.15, 0.2) is 0 Å². The summed E-state index contributed by atoms with van der Waals surface area (Å²) in [4.78, 5) is 25.6. The highest BCUT2D eigenvalue weighted by Crippen LogP contribution is 1.79. The van der Waals surface area contributed by atoms with Gasteiger partial charge in [-0.1, -0.05) is 0 Å². The number of rotatable bonds is 1. The van der Waals surface area contributed by atoms with Crippen LogP contribution in [-0.4, -0.2) is 22.5 Å². The van der Waals surface area contributed by atoms with Crippen molar-refractivity contribution in [1.29, 1.82) is 0 Å². The van der Waals surface area contributed by atoms with Gasteiger partial charge in [0.1, 0.15) is 0 Å². The van der Waals surface area contributed by atoms with E-state index < -0.39 is 11.9 Å². The van der Waals surface area contributed by atoms with Crippen molar-refractivity contribution in [2.24, 2.45) is 0 Å². The molecule has 0 rings (SSSR count). The zero-order chi connectivity index (χ0) is 7.28. The molecule has 0 aromatic rings. The third kappa shape index (κ3) is 2.59. The summed E-state index contributed by atoms with van der Waals surface area (Å²) in [6.07, 6.45) is 0. The van der Waals surface area contributed by atoms with Crippen LogP contribution in [0.1, 0.15) is 0 Å². The van der Waals surface area contributed by atoms with E-state index in [1.807, 2.05) is 0 Å². The summed E-state index contributed by atoms with van der Waals surface area (Å²) in [7, 11) is 0.